The maximum absolute atomic E-state index is 12.0. The Morgan fingerprint density at radius 2 is 2.06 bits per heavy atom. The minimum absolute atomic E-state index is 0.163. The number of anilines is 1. The molecule has 5 rings (SSSR count). The van der Waals surface area contributed by atoms with Crippen molar-refractivity contribution in [3.05, 3.63) is 72.9 Å². The van der Waals surface area contributed by atoms with Crippen molar-refractivity contribution in [3.8, 4) is 17.1 Å². The van der Waals surface area contributed by atoms with Gasteiger partial charge < -0.3 is 10.1 Å². The van der Waals surface area contributed by atoms with Gasteiger partial charge in [0.05, 0.1) is 28.8 Å². The van der Waals surface area contributed by atoms with Gasteiger partial charge in [-0.25, -0.2) is 28.1 Å². The Morgan fingerprint density at radius 3 is 2.78 bits per heavy atom. The summed E-state index contributed by atoms with van der Waals surface area (Å²) in [7, 11) is -3.33. The van der Waals surface area contributed by atoms with Crippen molar-refractivity contribution in [2.75, 3.05) is 24.7 Å². The van der Waals surface area contributed by atoms with E-state index in [2.05, 4.69) is 43.6 Å². The highest BCUT2D eigenvalue weighted by molar-refractivity contribution is 7.90. The zero-order valence-electron chi connectivity index (χ0n) is 19.9. The number of ether oxygens (including phenoxy) is 1. The topological polar surface area (TPSA) is 125 Å². The molecule has 0 amide bonds. The van der Waals surface area contributed by atoms with Crippen molar-refractivity contribution in [1.29, 1.82) is 0 Å². The number of allylic oxidation sites excluding steroid dienone is 2. The number of pyridine rings is 1. The van der Waals surface area contributed by atoms with Crippen LogP contribution in [0.2, 0.25) is 0 Å². The first-order valence-electron chi connectivity index (χ1n) is 11.5. The molecule has 1 aliphatic carbocycles. The summed E-state index contributed by atoms with van der Waals surface area (Å²) < 4.78 is 31.6. The summed E-state index contributed by atoms with van der Waals surface area (Å²) in [4.78, 5) is 18.1. The summed E-state index contributed by atoms with van der Waals surface area (Å²) >= 11 is 0. The van der Waals surface area contributed by atoms with E-state index in [1.165, 1.54) is 12.6 Å². The molecule has 3 aromatic heterocycles. The van der Waals surface area contributed by atoms with Crippen LogP contribution in [0.3, 0.4) is 0 Å². The smallest absolute Gasteiger partial charge is 0.245 e. The van der Waals surface area contributed by atoms with Crippen LogP contribution in [0.15, 0.2) is 77.7 Å². The van der Waals surface area contributed by atoms with Crippen LogP contribution in [-0.2, 0) is 9.84 Å². The number of benzene rings is 1. The predicted octanol–water partition coefficient (Wildman–Crippen LogP) is 3.63. The molecule has 1 atom stereocenters. The van der Waals surface area contributed by atoms with Crippen LogP contribution in [0.4, 0.5) is 5.95 Å². The van der Waals surface area contributed by atoms with Gasteiger partial charge in [0.1, 0.15) is 12.7 Å². The molecule has 0 radical (unpaired) electrons. The molecule has 4 aromatic rings. The molecular formula is C25H25N7O3S. The zero-order chi connectivity index (χ0) is 25.1. The van der Waals surface area contributed by atoms with Crippen molar-refractivity contribution in [1.82, 2.24) is 29.7 Å². The quantitative estimate of drug-likeness (QED) is 0.384. The minimum atomic E-state index is -3.33. The Balaban J connectivity index is 1.38. The van der Waals surface area contributed by atoms with Gasteiger partial charge in [-0.3, -0.25) is 0 Å². The predicted molar refractivity (Wildman–Crippen MR) is 136 cm³/mol. The maximum Gasteiger partial charge on any atom is 0.245 e. The fraction of sp³-hybridized carbons (Fsp3) is 0.240. The molecule has 1 aromatic carbocycles. The van der Waals surface area contributed by atoms with Crippen LogP contribution >= 0.6 is 0 Å². The first kappa shape index (κ1) is 23.6. The van der Waals surface area contributed by atoms with E-state index in [1.807, 2.05) is 29.8 Å². The molecule has 0 saturated carbocycles. The van der Waals surface area contributed by atoms with Crippen LogP contribution in [0.5, 0.6) is 5.88 Å². The molecule has 1 unspecified atom stereocenters. The number of fused-ring (bicyclic) bond motifs is 1. The van der Waals surface area contributed by atoms with Crippen LogP contribution in [-0.4, -0.2) is 57.5 Å². The van der Waals surface area contributed by atoms with Gasteiger partial charge in [0.2, 0.25) is 11.8 Å². The lowest BCUT2D eigenvalue weighted by Gasteiger charge is -2.17. The number of sulfone groups is 1. The van der Waals surface area contributed by atoms with Gasteiger partial charge in [-0.2, -0.15) is 10.1 Å². The van der Waals surface area contributed by atoms with Gasteiger partial charge in [-0.05, 0) is 43.2 Å². The molecule has 0 fully saturated rings. The molecule has 3 heterocycles. The average molecular weight is 504 g/mol. The number of aromatic nitrogens is 6. The molecule has 0 spiro atoms. The molecule has 10 nitrogen and oxygen atoms in total. The second-order valence-corrected chi connectivity index (χ2v) is 10.3. The SMILES string of the molecule is CCOc1nc(NCC2=CCC(n3cncn3)C=C2)nc2ccc(-c3cccc(S(C)(=O)=O)c3)nc12. The van der Waals surface area contributed by atoms with E-state index < -0.39 is 9.84 Å². The second kappa shape index (κ2) is 9.86. The van der Waals surface area contributed by atoms with Gasteiger partial charge >= 0.3 is 0 Å². The van der Waals surface area contributed by atoms with Crippen LogP contribution < -0.4 is 10.1 Å². The summed E-state index contributed by atoms with van der Waals surface area (Å²) in [6, 6.07) is 10.5. The molecule has 0 saturated heterocycles. The van der Waals surface area contributed by atoms with E-state index >= 15 is 0 Å². The van der Waals surface area contributed by atoms with Crippen molar-refractivity contribution in [2.45, 2.75) is 24.3 Å². The maximum atomic E-state index is 12.0. The van der Waals surface area contributed by atoms with Gasteiger partial charge in [-0.1, -0.05) is 30.4 Å². The third-order valence-corrected chi connectivity index (χ3v) is 6.84. The summed E-state index contributed by atoms with van der Waals surface area (Å²) in [6.07, 6.45) is 11.6. The normalized spacial score (nSPS) is 15.6. The summed E-state index contributed by atoms with van der Waals surface area (Å²) in [5, 5.41) is 7.47. The Hall–Kier alpha value is -4.12. The van der Waals surface area contributed by atoms with E-state index in [-0.39, 0.29) is 10.9 Å². The van der Waals surface area contributed by atoms with Crippen molar-refractivity contribution >= 4 is 26.8 Å². The molecule has 0 bridgehead atoms. The Labute approximate surface area is 208 Å². The van der Waals surface area contributed by atoms with E-state index in [1.54, 1.807) is 24.5 Å². The largest absolute Gasteiger partial charge is 0.476 e. The Kier molecular flexibility index (Phi) is 6.47. The first-order valence-corrected chi connectivity index (χ1v) is 13.4. The lowest BCUT2D eigenvalue weighted by Crippen LogP contribution is -2.13. The molecule has 184 valence electrons. The minimum Gasteiger partial charge on any atom is -0.476 e. The average Bonchev–Trinajstić information content (AvgIpc) is 3.42. The molecule has 1 N–H and O–H groups in total. The highest BCUT2D eigenvalue weighted by Crippen LogP contribution is 2.28. The highest BCUT2D eigenvalue weighted by atomic mass is 32.2. The van der Waals surface area contributed by atoms with Gasteiger partial charge in [0.15, 0.2) is 15.4 Å². The second-order valence-electron chi connectivity index (χ2n) is 8.32. The molecule has 0 aliphatic heterocycles. The van der Waals surface area contributed by atoms with E-state index in [9.17, 15) is 8.42 Å². The lowest BCUT2D eigenvalue weighted by molar-refractivity contribution is 0.330. The highest BCUT2D eigenvalue weighted by Gasteiger charge is 2.15. The number of hydrogen-bond donors (Lipinski definition) is 1. The standard InChI is InChI=1S/C25H25N7O3S/c1-3-35-24-23-22(12-11-21(29-23)18-5-4-6-20(13-18)36(2,33)34)30-25(31-24)27-14-17-7-9-19(10-8-17)32-16-26-15-28-32/h4-9,11-13,15-16,19H,3,10,14H2,1-2H3,(H,27,30,31). The van der Waals surface area contributed by atoms with E-state index in [0.717, 1.165) is 12.0 Å². The van der Waals surface area contributed by atoms with Crippen molar-refractivity contribution < 1.29 is 13.2 Å². The van der Waals surface area contributed by atoms with Crippen molar-refractivity contribution in [3.63, 3.8) is 0 Å². The van der Waals surface area contributed by atoms with E-state index in [0.29, 0.717) is 47.3 Å². The van der Waals surface area contributed by atoms with E-state index in [4.69, 9.17) is 9.72 Å². The molecular weight excluding hydrogens is 478 g/mol. The molecule has 11 heteroatoms. The fourth-order valence-electron chi connectivity index (χ4n) is 3.90. The Morgan fingerprint density at radius 1 is 1.17 bits per heavy atom. The van der Waals surface area contributed by atoms with Crippen molar-refractivity contribution in [2.24, 2.45) is 0 Å². The number of nitrogens with one attached hydrogen (secondary N) is 1. The summed E-state index contributed by atoms with van der Waals surface area (Å²) in [5.74, 6) is 0.804. The third-order valence-electron chi connectivity index (χ3n) is 5.73. The first-order chi connectivity index (χ1) is 17.4. The monoisotopic (exact) mass is 503 g/mol. The van der Waals surface area contributed by atoms with Crippen LogP contribution in [0, 0.1) is 0 Å². The zero-order valence-corrected chi connectivity index (χ0v) is 20.7. The fourth-order valence-corrected chi connectivity index (χ4v) is 4.57. The Bertz CT molecular complexity index is 1560. The summed E-state index contributed by atoms with van der Waals surface area (Å²) in [5.41, 5.74) is 3.55. The van der Waals surface area contributed by atoms with Crippen LogP contribution in [0.1, 0.15) is 19.4 Å². The summed E-state index contributed by atoms with van der Waals surface area (Å²) in [6.45, 7) is 2.85. The molecule has 36 heavy (non-hydrogen) atoms. The van der Waals surface area contributed by atoms with Gasteiger partial charge in [0.25, 0.3) is 0 Å². The van der Waals surface area contributed by atoms with Gasteiger partial charge in [0, 0.05) is 18.4 Å². The number of hydrogen-bond acceptors (Lipinski definition) is 9. The van der Waals surface area contributed by atoms with Crippen LogP contribution in [0.25, 0.3) is 22.3 Å². The lowest BCUT2D eigenvalue weighted by atomic mass is 10.0. The van der Waals surface area contributed by atoms with Gasteiger partial charge in [-0.15, -0.1) is 0 Å². The number of nitrogens with zero attached hydrogens (tertiary/aromatic N) is 6. The number of rotatable bonds is 8. The molecule has 1 aliphatic rings. The third kappa shape index (κ3) is 5.10.